The molecule has 4 N–H and O–H groups in total. The van der Waals surface area contributed by atoms with Crippen LogP contribution in [0.15, 0.2) is 18.2 Å². The van der Waals surface area contributed by atoms with Gasteiger partial charge in [-0.05, 0) is 25.2 Å². The van der Waals surface area contributed by atoms with Crippen molar-refractivity contribution in [2.45, 2.75) is 0 Å². The van der Waals surface area contributed by atoms with E-state index in [0.717, 1.165) is 6.07 Å². The third kappa shape index (κ3) is 4.38. The Hall–Kier alpha value is -1.66. The Kier molecular flexibility index (Phi) is 4.86. The minimum Gasteiger partial charge on any atom is -0.397 e. The van der Waals surface area contributed by atoms with Crippen molar-refractivity contribution in [2.75, 3.05) is 37.8 Å². The van der Waals surface area contributed by atoms with Crippen molar-refractivity contribution in [1.82, 2.24) is 4.90 Å². The maximum absolute atomic E-state index is 12.8. The second kappa shape index (κ2) is 6.17. The Morgan fingerprint density at radius 2 is 2.29 bits per heavy atom. The number of hydrogen-bond acceptors (Lipinski definition) is 4. The number of anilines is 2. The molecule has 1 aromatic carbocycles. The number of benzene rings is 1. The Morgan fingerprint density at radius 3 is 2.88 bits per heavy atom. The number of likely N-dealkylation sites (N-methyl/N-ethyl adjacent to an activating group) is 1. The van der Waals surface area contributed by atoms with Crippen molar-refractivity contribution < 1.29 is 14.3 Å². The molecule has 0 aliphatic rings. The number of nitrogens with two attached hydrogens (primary N) is 1. The maximum Gasteiger partial charge on any atom is 0.238 e. The van der Waals surface area contributed by atoms with E-state index in [9.17, 15) is 9.18 Å². The minimum atomic E-state index is -0.446. The lowest BCUT2D eigenvalue weighted by molar-refractivity contribution is -0.117. The molecule has 5 nitrogen and oxygen atoms in total. The van der Waals surface area contributed by atoms with Gasteiger partial charge < -0.3 is 16.2 Å². The van der Waals surface area contributed by atoms with E-state index in [0.29, 0.717) is 12.2 Å². The maximum atomic E-state index is 12.8. The minimum absolute atomic E-state index is 0.0114. The van der Waals surface area contributed by atoms with E-state index in [1.807, 2.05) is 0 Å². The predicted molar refractivity (Wildman–Crippen MR) is 64.0 cm³/mol. The molecule has 0 heterocycles. The first-order valence-electron chi connectivity index (χ1n) is 5.17. The van der Waals surface area contributed by atoms with E-state index >= 15 is 0 Å². The highest BCUT2D eigenvalue weighted by molar-refractivity contribution is 5.95. The first-order chi connectivity index (χ1) is 8.02. The molecule has 0 aliphatic carbocycles. The molecule has 0 bridgehead atoms. The van der Waals surface area contributed by atoms with Gasteiger partial charge in [0.2, 0.25) is 5.91 Å². The van der Waals surface area contributed by atoms with Crippen LogP contribution in [-0.2, 0) is 4.79 Å². The van der Waals surface area contributed by atoms with Crippen LogP contribution in [0, 0.1) is 5.82 Å². The molecule has 1 rings (SSSR count). The number of amides is 1. The van der Waals surface area contributed by atoms with Gasteiger partial charge in [-0.2, -0.15) is 0 Å². The van der Waals surface area contributed by atoms with Gasteiger partial charge in [0.05, 0.1) is 24.5 Å². The van der Waals surface area contributed by atoms with Gasteiger partial charge in [0, 0.05) is 6.54 Å². The summed E-state index contributed by atoms with van der Waals surface area (Å²) in [6.45, 7) is 0.534. The van der Waals surface area contributed by atoms with Gasteiger partial charge in [0.15, 0.2) is 0 Å². The van der Waals surface area contributed by atoms with Crippen LogP contribution in [0.25, 0.3) is 0 Å². The standard InChI is InChI=1S/C11H16FN3O2/c1-15(4-5-16)7-11(17)14-10-3-2-8(12)6-9(10)13/h2-3,6,16H,4-5,7,13H2,1H3,(H,14,17). The first kappa shape index (κ1) is 13.4. The summed E-state index contributed by atoms with van der Waals surface area (Å²) in [5.41, 5.74) is 6.12. The van der Waals surface area contributed by atoms with Crippen LogP contribution < -0.4 is 11.1 Å². The van der Waals surface area contributed by atoms with Gasteiger partial charge in [-0.1, -0.05) is 0 Å². The highest BCUT2D eigenvalue weighted by atomic mass is 19.1. The molecule has 0 fully saturated rings. The highest BCUT2D eigenvalue weighted by Gasteiger charge is 2.08. The number of carbonyl (C=O) groups excluding carboxylic acids is 1. The number of nitrogens with one attached hydrogen (secondary N) is 1. The Morgan fingerprint density at radius 1 is 1.59 bits per heavy atom. The summed E-state index contributed by atoms with van der Waals surface area (Å²) >= 11 is 0. The second-order valence-corrected chi connectivity index (χ2v) is 3.74. The van der Waals surface area contributed by atoms with E-state index < -0.39 is 5.82 Å². The molecule has 0 atom stereocenters. The SMILES string of the molecule is CN(CCO)CC(=O)Nc1ccc(F)cc1N. The van der Waals surface area contributed by atoms with Crippen LogP contribution in [0.1, 0.15) is 0 Å². The van der Waals surface area contributed by atoms with Crippen LogP contribution in [-0.4, -0.2) is 42.7 Å². The highest BCUT2D eigenvalue weighted by Crippen LogP contribution is 2.18. The van der Waals surface area contributed by atoms with Gasteiger partial charge in [0.1, 0.15) is 5.82 Å². The summed E-state index contributed by atoms with van der Waals surface area (Å²) < 4.78 is 12.8. The largest absolute Gasteiger partial charge is 0.397 e. The van der Waals surface area contributed by atoms with Gasteiger partial charge in [-0.15, -0.1) is 0 Å². The third-order valence-electron chi connectivity index (χ3n) is 2.18. The molecule has 0 saturated heterocycles. The topological polar surface area (TPSA) is 78.6 Å². The number of halogens is 1. The number of aliphatic hydroxyl groups excluding tert-OH is 1. The van der Waals surface area contributed by atoms with E-state index in [2.05, 4.69) is 5.32 Å². The molecular formula is C11H16FN3O2. The zero-order chi connectivity index (χ0) is 12.8. The van der Waals surface area contributed by atoms with E-state index in [1.165, 1.54) is 12.1 Å². The number of hydrogen-bond donors (Lipinski definition) is 3. The fourth-order valence-corrected chi connectivity index (χ4v) is 1.33. The van der Waals surface area contributed by atoms with Gasteiger partial charge in [-0.25, -0.2) is 4.39 Å². The smallest absolute Gasteiger partial charge is 0.238 e. The Balaban J connectivity index is 2.56. The summed E-state index contributed by atoms with van der Waals surface area (Å²) in [5.74, 6) is -0.711. The zero-order valence-electron chi connectivity index (χ0n) is 9.61. The molecular weight excluding hydrogens is 225 g/mol. The molecule has 1 amide bonds. The Labute approximate surface area is 99.0 Å². The molecule has 0 radical (unpaired) electrons. The van der Waals surface area contributed by atoms with Gasteiger partial charge in [-0.3, -0.25) is 9.69 Å². The zero-order valence-corrected chi connectivity index (χ0v) is 9.61. The summed E-state index contributed by atoms with van der Waals surface area (Å²) in [6.07, 6.45) is 0. The predicted octanol–water partition coefficient (Wildman–Crippen LogP) is 0.270. The normalized spacial score (nSPS) is 10.6. The first-order valence-corrected chi connectivity index (χ1v) is 5.17. The number of nitrogen functional groups attached to an aromatic ring is 1. The fourth-order valence-electron chi connectivity index (χ4n) is 1.33. The summed E-state index contributed by atoms with van der Waals surface area (Å²) in [7, 11) is 1.71. The van der Waals surface area contributed by atoms with E-state index in [4.69, 9.17) is 10.8 Å². The van der Waals surface area contributed by atoms with Crippen LogP contribution in [0.3, 0.4) is 0 Å². The van der Waals surface area contributed by atoms with E-state index in [1.54, 1.807) is 11.9 Å². The average molecular weight is 241 g/mol. The summed E-state index contributed by atoms with van der Waals surface area (Å²) in [5, 5.41) is 11.3. The van der Waals surface area contributed by atoms with Crippen molar-refractivity contribution in [3.63, 3.8) is 0 Å². The summed E-state index contributed by atoms with van der Waals surface area (Å²) in [6, 6.07) is 3.78. The second-order valence-electron chi connectivity index (χ2n) is 3.74. The van der Waals surface area contributed by atoms with Gasteiger partial charge >= 0.3 is 0 Å². The van der Waals surface area contributed by atoms with Crippen molar-refractivity contribution >= 4 is 17.3 Å². The van der Waals surface area contributed by atoms with Crippen LogP contribution in [0.5, 0.6) is 0 Å². The lowest BCUT2D eigenvalue weighted by atomic mass is 10.2. The fraction of sp³-hybridized carbons (Fsp3) is 0.364. The van der Waals surface area contributed by atoms with Crippen molar-refractivity contribution in [3.05, 3.63) is 24.0 Å². The molecule has 1 aromatic rings. The van der Waals surface area contributed by atoms with Crippen molar-refractivity contribution in [1.29, 1.82) is 0 Å². The monoisotopic (exact) mass is 241 g/mol. The van der Waals surface area contributed by atoms with Crippen molar-refractivity contribution in [2.24, 2.45) is 0 Å². The van der Waals surface area contributed by atoms with Crippen LogP contribution in [0.2, 0.25) is 0 Å². The lowest BCUT2D eigenvalue weighted by Crippen LogP contribution is -2.32. The van der Waals surface area contributed by atoms with Crippen molar-refractivity contribution in [3.8, 4) is 0 Å². The summed E-state index contributed by atoms with van der Waals surface area (Å²) in [4.78, 5) is 13.2. The molecule has 0 aromatic heterocycles. The molecule has 17 heavy (non-hydrogen) atoms. The molecule has 94 valence electrons. The van der Waals surface area contributed by atoms with Gasteiger partial charge in [0.25, 0.3) is 0 Å². The molecule has 6 heteroatoms. The van der Waals surface area contributed by atoms with E-state index in [-0.39, 0.29) is 24.7 Å². The molecule has 0 spiro atoms. The number of aliphatic hydroxyl groups is 1. The lowest BCUT2D eigenvalue weighted by Gasteiger charge is -2.15. The number of nitrogens with zero attached hydrogens (tertiary/aromatic N) is 1. The average Bonchev–Trinajstić information content (AvgIpc) is 2.22. The molecule has 0 unspecified atom stereocenters. The Bertz CT molecular complexity index is 398. The number of rotatable bonds is 5. The van der Waals surface area contributed by atoms with Crippen LogP contribution >= 0.6 is 0 Å². The quantitative estimate of drug-likeness (QED) is 0.647. The third-order valence-corrected chi connectivity index (χ3v) is 2.18. The molecule has 0 aliphatic heterocycles. The van der Waals surface area contributed by atoms with Crippen LogP contribution in [0.4, 0.5) is 15.8 Å². The number of carbonyl (C=O) groups is 1. The molecule has 0 saturated carbocycles.